The predicted octanol–water partition coefficient (Wildman–Crippen LogP) is 4.52. The molecular formula is C14H18Cl3IN+. The van der Waals surface area contributed by atoms with E-state index in [1.165, 1.54) is 0 Å². The van der Waals surface area contributed by atoms with Crippen molar-refractivity contribution >= 4 is 57.4 Å². The summed E-state index contributed by atoms with van der Waals surface area (Å²) in [5.41, 5.74) is 0. The van der Waals surface area contributed by atoms with Gasteiger partial charge in [0.2, 0.25) is 0 Å². The van der Waals surface area contributed by atoms with Crippen LogP contribution in [-0.2, 0) is 0 Å². The van der Waals surface area contributed by atoms with Gasteiger partial charge in [-0.05, 0) is 31.9 Å². The fourth-order valence-electron chi connectivity index (χ4n) is 2.26. The highest BCUT2D eigenvalue weighted by atomic mass is 127. The van der Waals surface area contributed by atoms with Crippen molar-refractivity contribution in [2.75, 3.05) is 26.2 Å². The highest BCUT2D eigenvalue weighted by Gasteiger charge is 2.46. The van der Waals surface area contributed by atoms with Crippen molar-refractivity contribution in [2.24, 2.45) is 0 Å². The molecule has 0 spiro atoms. The van der Waals surface area contributed by atoms with E-state index in [0.717, 1.165) is 24.1 Å². The van der Waals surface area contributed by atoms with Crippen LogP contribution in [0.1, 0.15) is 13.8 Å². The first-order chi connectivity index (χ1) is 8.83. The van der Waals surface area contributed by atoms with Gasteiger partial charge in [-0.3, -0.25) is 0 Å². The Morgan fingerprint density at radius 1 is 1.42 bits per heavy atom. The maximum Gasteiger partial charge on any atom is 0.140 e. The van der Waals surface area contributed by atoms with E-state index in [-0.39, 0.29) is 8.80 Å². The molecule has 0 radical (unpaired) electrons. The van der Waals surface area contributed by atoms with Crippen molar-refractivity contribution < 1.29 is 4.48 Å². The smallest absolute Gasteiger partial charge is 0.140 e. The van der Waals surface area contributed by atoms with Crippen molar-refractivity contribution in [3.05, 3.63) is 22.2 Å². The summed E-state index contributed by atoms with van der Waals surface area (Å²) < 4.78 is 0.445. The van der Waals surface area contributed by atoms with E-state index in [0.29, 0.717) is 16.6 Å². The zero-order valence-corrected chi connectivity index (χ0v) is 15.5. The number of hydrogen-bond acceptors (Lipinski definition) is 0. The van der Waals surface area contributed by atoms with Crippen molar-refractivity contribution in [1.82, 2.24) is 0 Å². The van der Waals surface area contributed by atoms with Crippen LogP contribution in [0.15, 0.2) is 22.2 Å². The Balaban J connectivity index is 3.08. The summed E-state index contributed by atoms with van der Waals surface area (Å²) in [6.45, 7) is 7.69. The Morgan fingerprint density at radius 2 is 2.00 bits per heavy atom. The number of quaternary nitrogens is 1. The van der Waals surface area contributed by atoms with E-state index in [1.807, 2.05) is 6.08 Å². The lowest BCUT2D eigenvalue weighted by Crippen LogP contribution is -2.57. The predicted molar refractivity (Wildman–Crippen MR) is 94.2 cm³/mol. The lowest BCUT2D eigenvalue weighted by molar-refractivity contribution is -0.918. The Hall–Kier alpha value is 0.600. The molecule has 5 heteroatoms. The highest BCUT2D eigenvalue weighted by Crippen LogP contribution is 2.44. The van der Waals surface area contributed by atoms with Gasteiger partial charge in [-0.25, -0.2) is 0 Å². The zero-order valence-electron chi connectivity index (χ0n) is 11.1. The van der Waals surface area contributed by atoms with Crippen molar-refractivity contribution in [2.45, 2.75) is 22.6 Å². The molecule has 1 nitrogen and oxygen atoms in total. The number of nitrogens with zero attached hydrogens (tertiary/aromatic N) is 1. The lowest BCUT2D eigenvalue weighted by atomic mass is 9.97. The van der Waals surface area contributed by atoms with Crippen molar-refractivity contribution in [3.8, 4) is 12.3 Å². The molecule has 106 valence electrons. The number of terminal acetylenes is 1. The summed E-state index contributed by atoms with van der Waals surface area (Å²) in [5, 5.41) is 1.06. The van der Waals surface area contributed by atoms with Gasteiger partial charge in [-0.2, -0.15) is 0 Å². The van der Waals surface area contributed by atoms with Crippen molar-refractivity contribution in [3.63, 3.8) is 0 Å². The van der Waals surface area contributed by atoms with Gasteiger partial charge in [0.25, 0.3) is 0 Å². The highest BCUT2D eigenvalue weighted by molar-refractivity contribution is 14.1. The molecule has 0 saturated heterocycles. The maximum atomic E-state index is 6.48. The topological polar surface area (TPSA) is 0 Å². The molecule has 0 aromatic heterocycles. The molecule has 19 heavy (non-hydrogen) atoms. The van der Waals surface area contributed by atoms with Gasteiger partial charge in [0.1, 0.15) is 16.5 Å². The molecular weight excluding hydrogens is 415 g/mol. The lowest BCUT2D eigenvalue weighted by Gasteiger charge is -2.43. The van der Waals surface area contributed by atoms with Crippen LogP contribution in [0.4, 0.5) is 0 Å². The molecule has 1 aliphatic rings. The zero-order chi connectivity index (χ0) is 14.7. The van der Waals surface area contributed by atoms with Crippen LogP contribution in [-0.4, -0.2) is 39.5 Å². The summed E-state index contributed by atoms with van der Waals surface area (Å²) in [7, 11) is 0. The first kappa shape index (κ1) is 17.7. The first-order valence-electron chi connectivity index (χ1n) is 6.20. The molecule has 0 bridgehead atoms. The van der Waals surface area contributed by atoms with Gasteiger partial charge in [0.15, 0.2) is 0 Å². The van der Waals surface area contributed by atoms with Crippen LogP contribution in [0.2, 0.25) is 0 Å². The van der Waals surface area contributed by atoms with Crippen molar-refractivity contribution in [1.29, 1.82) is 0 Å². The van der Waals surface area contributed by atoms with Crippen LogP contribution in [0.3, 0.4) is 0 Å². The van der Waals surface area contributed by atoms with Gasteiger partial charge in [-0.1, -0.05) is 45.8 Å². The largest absolute Gasteiger partial charge is 0.312 e. The molecule has 0 aromatic rings. The molecule has 0 amide bonds. The van der Waals surface area contributed by atoms with E-state index in [1.54, 1.807) is 6.08 Å². The standard InChI is InChI=1S/C14H18Cl3IN/c1-4-7-19(5-2,6-3)10-14(18)12(16)8-11(15)9-13(14)17/h1,8-9,12H,5-7,10H2,2-3H3/q+1. The average molecular weight is 434 g/mol. The maximum absolute atomic E-state index is 6.48. The van der Waals surface area contributed by atoms with Gasteiger partial charge < -0.3 is 4.48 Å². The van der Waals surface area contributed by atoms with Crippen LogP contribution in [0.25, 0.3) is 0 Å². The molecule has 1 rings (SSSR count). The summed E-state index contributed by atoms with van der Waals surface area (Å²) in [6.07, 6.45) is 9.15. The molecule has 0 heterocycles. The van der Waals surface area contributed by atoms with E-state index in [4.69, 9.17) is 41.2 Å². The Bertz CT molecular complexity index is 434. The summed E-state index contributed by atoms with van der Waals surface area (Å²) in [6, 6.07) is 0. The minimum atomic E-state index is -0.359. The molecule has 0 aliphatic heterocycles. The summed E-state index contributed by atoms with van der Waals surface area (Å²) >= 11 is 21.2. The first-order valence-corrected chi connectivity index (χ1v) is 8.47. The van der Waals surface area contributed by atoms with Gasteiger partial charge >= 0.3 is 0 Å². The van der Waals surface area contributed by atoms with E-state index >= 15 is 0 Å². The molecule has 2 unspecified atom stereocenters. The van der Waals surface area contributed by atoms with Gasteiger partial charge in [0.05, 0.1) is 18.5 Å². The molecule has 1 aliphatic carbocycles. The second kappa shape index (κ2) is 7.04. The molecule has 0 aromatic carbocycles. The third kappa shape index (κ3) is 3.83. The normalized spacial score (nSPS) is 27.5. The number of alkyl halides is 2. The summed E-state index contributed by atoms with van der Waals surface area (Å²) in [5.74, 6) is 2.78. The van der Waals surface area contributed by atoms with Crippen LogP contribution in [0.5, 0.6) is 0 Å². The molecule has 0 N–H and O–H groups in total. The number of allylic oxidation sites excluding steroid dienone is 3. The minimum Gasteiger partial charge on any atom is -0.312 e. The minimum absolute atomic E-state index is 0.230. The monoisotopic (exact) mass is 432 g/mol. The number of hydrogen-bond donors (Lipinski definition) is 0. The van der Waals surface area contributed by atoms with Gasteiger partial charge in [0, 0.05) is 10.1 Å². The fourth-order valence-corrected chi connectivity index (χ4v) is 4.35. The SMILES string of the molecule is C#CC[N+](CC)(CC)CC1(I)C(Cl)=CC(Cl)=CC1Cl. The van der Waals surface area contributed by atoms with E-state index in [9.17, 15) is 0 Å². The quantitative estimate of drug-likeness (QED) is 0.259. The molecule has 0 fully saturated rings. The van der Waals surface area contributed by atoms with Crippen LogP contribution >= 0.6 is 57.4 Å². The Morgan fingerprint density at radius 3 is 2.42 bits per heavy atom. The third-order valence-corrected chi connectivity index (χ3v) is 7.20. The fraction of sp³-hybridized carbons (Fsp3) is 0.571. The van der Waals surface area contributed by atoms with Crippen LogP contribution in [0, 0.1) is 12.3 Å². The van der Waals surface area contributed by atoms with Gasteiger partial charge in [-0.15, -0.1) is 18.0 Å². The number of rotatable bonds is 5. The Labute approximate surface area is 144 Å². The van der Waals surface area contributed by atoms with E-state index in [2.05, 4.69) is 42.4 Å². The number of halogens is 4. The van der Waals surface area contributed by atoms with E-state index < -0.39 is 0 Å². The molecule has 2 atom stereocenters. The Kier molecular flexibility index (Phi) is 6.54. The molecule has 0 saturated carbocycles. The summed E-state index contributed by atoms with van der Waals surface area (Å²) in [4.78, 5) is 0. The third-order valence-electron chi connectivity index (χ3n) is 3.74. The average Bonchev–Trinajstić information content (AvgIpc) is 2.36. The van der Waals surface area contributed by atoms with Crippen LogP contribution < -0.4 is 0 Å². The second-order valence-corrected chi connectivity index (χ2v) is 8.04. The second-order valence-electron chi connectivity index (χ2n) is 4.80.